The lowest BCUT2D eigenvalue weighted by atomic mass is 10.1. The van der Waals surface area contributed by atoms with Gasteiger partial charge in [-0.05, 0) is 27.2 Å². The third-order valence-electron chi connectivity index (χ3n) is 6.91. The SMILES string of the molecule is CO[C@@H]1CO[P@@](=O)(S)O[C@H]2C[C@H](Oc3ccncn3)C[C@@H]2CO[PH](=O)O[C@@H](n2cnc3c(=O)[nH]c(NC(C)(C)C)nc32)[C@@H]1O. The maximum atomic E-state index is 13.3. The fourth-order valence-corrected chi connectivity index (χ4v) is 7.37. The fraction of sp³-hybridized carbons (Fsp3) is 0.625. The molecule has 2 aliphatic rings. The van der Waals surface area contributed by atoms with Crippen molar-refractivity contribution in [3.8, 4) is 5.88 Å². The molecule has 1 saturated carbocycles. The van der Waals surface area contributed by atoms with Gasteiger partial charge >= 0.3 is 15.1 Å². The number of nitrogens with zero attached hydrogens (tertiary/aromatic N) is 5. The molecule has 0 aromatic carbocycles. The number of anilines is 1. The van der Waals surface area contributed by atoms with Crippen LogP contribution in [0.4, 0.5) is 5.95 Å². The molecule has 44 heavy (non-hydrogen) atoms. The number of aliphatic hydroxyl groups excluding tert-OH is 1. The molecule has 4 heterocycles. The molecular weight excluding hydrogens is 640 g/mol. The predicted octanol–water partition coefficient (Wildman–Crippen LogP) is 2.73. The smallest absolute Gasteiger partial charge is 0.386 e. The van der Waals surface area contributed by atoms with Crippen molar-refractivity contribution in [2.45, 2.75) is 69.8 Å². The van der Waals surface area contributed by atoms with Crippen molar-refractivity contribution in [1.29, 1.82) is 0 Å². The molecule has 0 bridgehead atoms. The number of methoxy groups -OCH3 is 1. The second-order valence-electron chi connectivity index (χ2n) is 11.4. The second-order valence-corrected chi connectivity index (χ2v) is 15.3. The summed E-state index contributed by atoms with van der Waals surface area (Å²) in [4.78, 5) is 32.0. The summed E-state index contributed by atoms with van der Waals surface area (Å²) < 4.78 is 61.9. The zero-order chi connectivity index (χ0) is 31.6. The number of thiol groups is 1. The Bertz CT molecular complexity index is 1570. The van der Waals surface area contributed by atoms with Crippen LogP contribution in [0.5, 0.6) is 5.88 Å². The first kappa shape index (κ1) is 33.0. The summed E-state index contributed by atoms with van der Waals surface area (Å²) in [6.45, 7) is 1.06. The van der Waals surface area contributed by atoms with Crippen LogP contribution in [0.3, 0.4) is 0 Å². The first-order chi connectivity index (χ1) is 20.8. The van der Waals surface area contributed by atoms with E-state index in [-0.39, 0.29) is 23.7 Å². The van der Waals surface area contributed by atoms with Crippen LogP contribution in [0.1, 0.15) is 39.8 Å². The van der Waals surface area contributed by atoms with Crippen molar-refractivity contribution in [2.75, 3.05) is 25.6 Å². The van der Waals surface area contributed by atoms with Crippen molar-refractivity contribution in [2.24, 2.45) is 5.92 Å². The average Bonchev–Trinajstić information content (AvgIpc) is 3.53. The quantitative estimate of drug-likeness (QED) is 0.226. The van der Waals surface area contributed by atoms with Crippen molar-refractivity contribution >= 4 is 44.4 Å². The van der Waals surface area contributed by atoms with E-state index >= 15 is 0 Å². The van der Waals surface area contributed by atoms with Gasteiger partial charge in [-0.3, -0.25) is 32.5 Å². The highest BCUT2D eigenvalue weighted by Gasteiger charge is 2.43. The Balaban J connectivity index is 1.44. The van der Waals surface area contributed by atoms with Crippen LogP contribution in [0.2, 0.25) is 0 Å². The second kappa shape index (κ2) is 13.5. The van der Waals surface area contributed by atoms with Crippen molar-refractivity contribution < 1.29 is 41.8 Å². The maximum Gasteiger partial charge on any atom is 0.386 e. The Morgan fingerprint density at radius 1 is 1.27 bits per heavy atom. The number of hydrogen-bond acceptors (Lipinski definition) is 15. The van der Waals surface area contributed by atoms with Crippen LogP contribution in [0.25, 0.3) is 11.2 Å². The van der Waals surface area contributed by atoms with Gasteiger partial charge in [0, 0.05) is 37.3 Å². The minimum Gasteiger partial charge on any atom is -0.474 e. The third-order valence-corrected chi connectivity index (χ3v) is 9.39. The van der Waals surface area contributed by atoms with E-state index in [4.69, 9.17) is 27.6 Å². The molecule has 1 saturated heterocycles. The summed E-state index contributed by atoms with van der Waals surface area (Å²) >= 11 is 4.15. The summed E-state index contributed by atoms with van der Waals surface area (Å²) in [5, 5.41) is 14.5. The molecule has 17 nitrogen and oxygen atoms in total. The number of aliphatic hydroxyl groups is 1. The van der Waals surface area contributed by atoms with Gasteiger partial charge in [-0.15, -0.1) is 0 Å². The van der Waals surface area contributed by atoms with E-state index in [1.54, 1.807) is 6.07 Å². The van der Waals surface area contributed by atoms with E-state index < -0.39 is 69.3 Å². The van der Waals surface area contributed by atoms with Gasteiger partial charge in [0.05, 0.1) is 25.6 Å². The molecule has 20 heteroatoms. The summed E-state index contributed by atoms with van der Waals surface area (Å²) in [5.41, 5.74) is -1.02. The van der Waals surface area contributed by atoms with Crippen molar-refractivity contribution in [3.05, 3.63) is 35.3 Å². The molecule has 5 rings (SSSR count). The van der Waals surface area contributed by atoms with Crippen molar-refractivity contribution in [1.82, 2.24) is 29.5 Å². The summed E-state index contributed by atoms with van der Waals surface area (Å²) in [6.07, 6.45) is -0.596. The molecule has 3 aromatic rings. The van der Waals surface area contributed by atoms with Crippen LogP contribution >= 0.6 is 27.3 Å². The third kappa shape index (κ3) is 8.05. The highest BCUT2D eigenvalue weighted by atomic mass is 32.7. The maximum absolute atomic E-state index is 13.3. The van der Waals surface area contributed by atoms with Crippen LogP contribution < -0.4 is 15.6 Å². The van der Waals surface area contributed by atoms with Gasteiger partial charge < -0.3 is 24.4 Å². The first-order valence-electron chi connectivity index (χ1n) is 13.7. The summed E-state index contributed by atoms with van der Waals surface area (Å²) in [5.74, 6) is 0.0549. The number of nitrogens with one attached hydrogen (secondary N) is 2. The standard InChI is InChI=1S/C24H35N7O10P2S/c1-24(2,3)30-23-28-20-18(21(33)29-23)27-12-31(20)22-19(32)16(36-4)10-38-43(35,44)41-15-8-14(39-17-5-6-25-11-26-17)7-13(15)9-37-42(34)40-22/h5-6,11-16,19,22,32,42H,7-10H2,1-4H3,(H,35,44)(H2,28,29,30,33)/t13-,14-,15+,16-,19-,22-,43-/m1/s1. The number of ether oxygens (including phenoxy) is 2. The first-order valence-corrected chi connectivity index (χ1v) is 17.6. The van der Waals surface area contributed by atoms with E-state index in [9.17, 15) is 19.0 Å². The summed E-state index contributed by atoms with van der Waals surface area (Å²) in [6, 6.07) is 1.60. The average molecular weight is 676 g/mol. The number of aromatic nitrogens is 6. The Labute approximate surface area is 258 Å². The van der Waals surface area contributed by atoms with E-state index in [1.807, 2.05) is 20.8 Å². The van der Waals surface area contributed by atoms with Gasteiger partial charge in [-0.2, -0.15) is 4.98 Å². The molecular formula is C24H35N7O10P2S. The molecule has 1 aliphatic carbocycles. The molecule has 0 radical (unpaired) electrons. The van der Waals surface area contributed by atoms with E-state index in [0.29, 0.717) is 18.7 Å². The number of fused-ring (bicyclic) bond motifs is 2. The molecule has 1 aliphatic heterocycles. The van der Waals surface area contributed by atoms with Crippen LogP contribution in [0.15, 0.2) is 29.7 Å². The number of H-pyrrole nitrogens is 1. The van der Waals surface area contributed by atoms with Gasteiger partial charge in [0.1, 0.15) is 24.6 Å². The van der Waals surface area contributed by atoms with Crippen LogP contribution in [0, 0.1) is 5.92 Å². The number of aromatic amines is 1. The van der Waals surface area contributed by atoms with Crippen LogP contribution in [-0.2, 0) is 32.0 Å². The lowest BCUT2D eigenvalue weighted by Crippen LogP contribution is -2.39. The van der Waals surface area contributed by atoms with Crippen LogP contribution in [-0.4, -0.2) is 84.9 Å². The van der Waals surface area contributed by atoms with E-state index in [2.05, 4.69) is 42.5 Å². The van der Waals surface area contributed by atoms with E-state index in [1.165, 1.54) is 30.5 Å². The summed E-state index contributed by atoms with van der Waals surface area (Å²) in [7, 11) is -2.02. The largest absolute Gasteiger partial charge is 0.474 e. The molecule has 2 fully saturated rings. The van der Waals surface area contributed by atoms with Gasteiger partial charge in [0.25, 0.3) is 5.56 Å². The van der Waals surface area contributed by atoms with Gasteiger partial charge in [-0.1, -0.05) is 12.2 Å². The zero-order valence-electron chi connectivity index (χ0n) is 24.4. The van der Waals surface area contributed by atoms with Gasteiger partial charge in [-0.25, -0.2) is 19.5 Å². The lowest BCUT2D eigenvalue weighted by Gasteiger charge is -2.29. The zero-order valence-corrected chi connectivity index (χ0v) is 27.1. The minimum absolute atomic E-state index is 0.0307. The molecule has 8 atom stereocenters. The highest BCUT2D eigenvalue weighted by molar-refractivity contribution is 8.44. The Kier molecular flexibility index (Phi) is 10.1. The van der Waals surface area contributed by atoms with Crippen molar-refractivity contribution in [3.63, 3.8) is 0 Å². The number of rotatable bonds is 5. The highest BCUT2D eigenvalue weighted by Crippen LogP contribution is 2.57. The Hall–Kier alpha value is -2.40. The number of imidazole rings is 1. The normalized spacial score (nSPS) is 32.3. The topological polar surface area (TPSA) is 211 Å². The lowest BCUT2D eigenvalue weighted by molar-refractivity contribution is -0.105. The molecule has 0 spiro atoms. The monoisotopic (exact) mass is 675 g/mol. The molecule has 1 unspecified atom stereocenters. The fourth-order valence-electron chi connectivity index (χ4n) is 4.94. The predicted molar refractivity (Wildman–Crippen MR) is 160 cm³/mol. The molecule has 0 amide bonds. The Morgan fingerprint density at radius 3 is 2.77 bits per heavy atom. The molecule has 242 valence electrons. The molecule has 3 aromatic heterocycles. The van der Waals surface area contributed by atoms with Gasteiger partial charge in [0.2, 0.25) is 11.8 Å². The minimum atomic E-state index is -4.01. The van der Waals surface area contributed by atoms with E-state index in [0.717, 1.165) is 0 Å². The Morgan fingerprint density at radius 2 is 2.07 bits per heavy atom. The molecule has 3 N–H and O–H groups in total. The van der Waals surface area contributed by atoms with Gasteiger partial charge in [0.15, 0.2) is 17.4 Å². The number of hydrogen-bond donors (Lipinski definition) is 4.